The zero-order valence-corrected chi connectivity index (χ0v) is 8.04. The summed E-state index contributed by atoms with van der Waals surface area (Å²) in [6.45, 7) is 7.38. The fourth-order valence-corrected chi connectivity index (χ4v) is 1.43. The van der Waals surface area contributed by atoms with Gasteiger partial charge in [0.1, 0.15) is 0 Å². The third-order valence-electron chi connectivity index (χ3n) is 1.89. The van der Waals surface area contributed by atoms with Crippen LogP contribution in [0.5, 0.6) is 0 Å². The van der Waals surface area contributed by atoms with Gasteiger partial charge >= 0.3 is 0 Å². The van der Waals surface area contributed by atoms with Gasteiger partial charge in [-0.05, 0) is 12.3 Å². The van der Waals surface area contributed by atoms with Gasteiger partial charge in [0.2, 0.25) is 0 Å². The molecule has 1 heterocycles. The SMILES string of the molecule is CCCn1ncc(N)c1C(C)C. The fourth-order valence-electron chi connectivity index (χ4n) is 1.43. The Bertz CT molecular complexity index is 250. The van der Waals surface area contributed by atoms with Crippen LogP contribution in [0.4, 0.5) is 5.69 Å². The summed E-state index contributed by atoms with van der Waals surface area (Å²) in [6, 6.07) is 0. The van der Waals surface area contributed by atoms with Crippen molar-refractivity contribution in [2.45, 2.75) is 39.7 Å². The molecule has 0 spiro atoms. The van der Waals surface area contributed by atoms with Crippen LogP contribution in [0.2, 0.25) is 0 Å². The molecule has 3 nitrogen and oxygen atoms in total. The maximum Gasteiger partial charge on any atom is 0.0735 e. The minimum atomic E-state index is 0.457. The number of nitrogen functional groups attached to an aromatic ring is 1. The van der Waals surface area contributed by atoms with Gasteiger partial charge in [-0.3, -0.25) is 4.68 Å². The van der Waals surface area contributed by atoms with E-state index in [1.54, 1.807) is 6.20 Å². The lowest BCUT2D eigenvalue weighted by Gasteiger charge is -2.09. The summed E-state index contributed by atoms with van der Waals surface area (Å²) in [7, 11) is 0. The minimum absolute atomic E-state index is 0.457. The largest absolute Gasteiger partial charge is 0.396 e. The second-order valence-corrected chi connectivity index (χ2v) is 3.36. The second-order valence-electron chi connectivity index (χ2n) is 3.36. The number of hydrogen-bond acceptors (Lipinski definition) is 2. The highest BCUT2D eigenvalue weighted by atomic mass is 15.3. The predicted molar refractivity (Wildman–Crippen MR) is 51.0 cm³/mol. The van der Waals surface area contributed by atoms with Crippen molar-refractivity contribution in [3.05, 3.63) is 11.9 Å². The van der Waals surface area contributed by atoms with Gasteiger partial charge < -0.3 is 5.73 Å². The summed E-state index contributed by atoms with van der Waals surface area (Å²) in [4.78, 5) is 0. The molecular weight excluding hydrogens is 150 g/mol. The highest BCUT2D eigenvalue weighted by Crippen LogP contribution is 2.20. The third-order valence-corrected chi connectivity index (χ3v) is 1.89. The van der Waals surface area contributed by atoms with E-state index >= 15 is 0 Å². The van der Waals surface area contributed by atoms with Crippen molar-refractivity contribution in [1.82, 2.24) is 9.78 Å². The van der Waals surface area contributed by atoms with Crippen molar-refractivity contribution in [2.24, 2.45) is 0 Å². The Balaban J connectivity index is 2.95. The van der Waals surface area contributed by atoms with Gasteiger partial charge in [0.25, 0.3) is 0 Å². The molecule has 0 bridgehead atoms. The van der Waals surface area contributed by atoms with E-state index in [-0.39, 0.29) is 0 Å². The van der Waals surface area contributed by atoms with Crippen LogP contribution in [-0.2, 0) is 6.54 Å². The van der Waals surface area contributed by atoms with E-state index in [1.807, 2.05) is 4.68 Å². The zero-order chi connectivity index (χ0) is 9.14. The molecule has 2 N–H and O–H groups in total. The van der Waals surface area contributed by atoms with Crippen molar-refractivity contribution in [3.63, 3.8) is 0 Å². The number of nitrogens with two attached hydrogens (primary N) is 1. The van der Waals surface area contributed by atoms with Crippen LogP contribution in [0.3, 0.4) is 0 Å². The van der Waals surface area contributed by atoms with Crippen molar-refractivity contribution < 1.29 is 0 Å². The van der Waals surface area contributed by atoms with Gasteiger partial charge in [0.15, 0.2) is 0 Å². The van der Waals surface area contributed by atoms with Gasteiger partial charge in [-0.2, -0.15) is 5.10 Å². The molecule has 0 radical (unpaired) electrons. The molecule has 0 aliphatic carbocycles. The summed E-state index contributed by atoms with van der Waals surface area (Å²) in [6.07, 6.45) is 2.84. The minimum Gasteiger partial charge on any atom is -0.396 e. The first-order valence-electron chi connectivity index (χ1n) is 4.48. The lowest BCUT2D eigenvalue weighted by atomic mass is 10.1. The zero-order valence-electron chi connectivity index (χ0n) is 8.04. The molecular formula is C9H17N3. The Morgan fingerprint density at radius 1 is 1.58 bits per heavy atom. The van der Waals surface area contributed by atoms with Crippen molar-refractivity contribution in [1.29, 1.82) is 0 Å². The molecule has 1 aromatic rings. The smallest absolute Gasteiger partial charge is 0.0735 e. The summed E-state index contributed by atoms with van der Waals surface area (Å²) in [5.41, 5.74) is 7.77. The quantitative estimate of drug-likeness (QED) is 0.748. The van der Waals surface area contributed by atoms with E-state index in [0.717, 1.165) is 24.3 Å². The van der Waals surface area contributed by atoms with E-state index in [9.17, 15) is 0 Å². The predicted octanol–water partition coefficient (Wildman–Crippen LogP) is 2.00. The summed E-state index contributed by atoms with van der Waals surface area (Å²) in [5, 5.41) is 4.22. The molecule has 0 fully saturated rings. The van der Waals surface area contributed by atoms with Crippen LogP contribution in [0.15, 0.2) is 6.20 Å². The number of anilines is 1. The Morgan fingerprint density at radius 2 is 2.25 bits per heavy atom. The van der Waals surface area contributed by atoms with E-state index in [0.29, 0.717) is 5.92 Å². The third kappa shape index (κ3) is 1.60. The van der Waals surface area contributed by atoms with E-state index in [1.165, 1.54) is 0 Å². The molecule has 68 valence electrons. The van der Waals surface area contributed by atoms with Gasteiger partial charge in [0, 0.05) is 6.54 Å². The van der Waals surface area contributed by atoms with Gasteiger partial charge in [-0.15, -0.1) is 0 Å². The second kappa shape index (κ2) is 3.61. The lowest BCUT2D eigenvalue weighted by Crippen LogP contribution is -2.07. The first-order valence-corrected chi connectivity index (χ1v) is 4.48. The molecule has 0 unspecified atom stereocenters. The number of rotatable bonds is 3. The summed E-state index contributed by atoms with van der Waals surface area (Å²) >= 11 is 0. The Morgan fingerprint density at radius 3 is 2.75 bits per heavy atom. The number of aryl methyl sites for hydroxylation is 1. The van der Waals surface area contributed by atoms with Crippen LogP contribution in [-0.4, -0.2) is 9.78 Å². The van der Waals surface area contributed by atoms with E-state index < -0.39 is 0 Å². The van der Waals surface area contributed by atoms with Gasteiger partial charge in [-0.1, -0.05) is 20.8 Å². The standard InChI is InChI=1S/C9H17N3/c1-4-5-12-9(7(2)3)8(10)6-11-12/h6-7H,4-5,10H2,1-3H3. The Kier molecular flexibility index (Phi) is 2.74. The van der Waals surface area contributed by atoms with Gasteiger partial charge in [-0.25, -0.2) is 0 Å². The monoisotopic (exact) mass is 167 g/mol. The van der Waals surface area contributed by atoms with E-state index in [4.69, 9.17) is 5.73 Å². The van der Waals surface area contributed by atoms with Crippen LogP contribution in [0, 0.1) is 0 Å². The van der Waals surface area contributed by atoms with Crippen LogP contribution < -0.4 is 5.73 Å². The summed E-state index contributed by atoms with van der Waals surface area (Å²) in [5.74, 6) is 0.457. The van der Waals surface area contributed by atoms with Crippen LogP contribution in [0.25, 0.3) is 0 Å². The molecule has 3 heteroatoms. The number of aromatic nitrogens is 2. The fraction of sp³-hybridized carbons (Fsp3) is 0.667. The van der Waals surface area contributed by atoms with Gasteiger partial charge in [0.05, 0.1) is 17.6 Å². The topological polar surface area (TPSA) is 43.8 Å². The van der Waals surface area contributed by atoms with Crippen molar-refractivity contribution >= 4 is 5.69 Å². The lowest BCUT2D eigenvalue weighted by molar-refractivity contribution is 0.558. The molecule has 0 aliphatic rings. The highest BCUT2D eigenvalue weighted by Gasteiger charge is 2.10. The Labute approximate surface area is 73.6 Å². The maximum absolute atomic E-state index is 5.79. The number of nitrogens with zero attached hydrogens (tertiary/aromatic N) is 2. The molecule has 0 saturated heterocycles. The molecule has 0 atom stereocenters. The first kappa shape index (κ1) is 9.10. The molecule has 12 heavy (non-hydrogen) atoms. The average Bonchev–Trinajstić information content (AvgIpc) is 2.32. The maximum atomic E-state index is 5.79. The molecule has 0 amide bonds. The molecule has 0 saturated carbocycles. The van der Waals surface area contributed by atoms with Crippen LogP contribution >= 0.6 is 0 Å². The van der Waals surface area contributed by atoms with Crippen LogP contribution in [0.1, 0.15) is 38.8 Å². The molecule has 0 aliphatic heterocycles. The van der Waals surface area contributed by atoms with Crippen molar-refractivity contribution in [3.8, 4) is 0 Å². The summed E-state index contributed by atoms with van der Waals surface area (Å²) < 4.78 is 2.00. The Hall–Kier alpha value is -0.990. The average molecular weight is 167 g/mol. The molecule has 1 rings (SSSR count). The molecule has 1 aromatic heterocycles. The van der Waals surface area contributed by atoms with Crippen molar-refractivity contribution in [2.75, 3.05) is 5.73 Å². The first-order chi connectivity index (χ1) is 5.66. The highest BCUT2D eigenvalue weighted by molar-refractivity contribution is 5.42. The van der Waals surface area contributed by atoms with E-state index in [2.05, 4.69) is 25.9 Å². The normalized spacial score (nSPS) is 11.0. The molecule has 0 aromatic carbocycles. The number of hydrogen-bond donors (Lipinski definition) is 1.